The minimum Gasteiger partial charge on any atom is -0.558 e. The first-order chi connectivity index (χ1) is 34.8. The van der Waals surface area contributed by atoms with Crippen molar-refractivity contribution in [3.63, 3.8) is 0 Å². The highest BCUT2D eigenvalue weighted by molar-refractivity contribution is 6.41. The molecule has 398 valence electrons. The maximum atomic E-state index is 14.3. The van der Waals surface area contributed by atoms with Crippen LogP contribution in [0.5, 0.6) is 0 Å². The van der Waals surface area contributed by atoms with Crippen molar-refractivity contribution < 1.29 is 74.0 Å². The Kier molecular flexibility index (Phi) is 18.8. The van der Waals surface area contributed by atoms with E-state index in [1.165, 1.54) is 4.90 Å². The van der Waals surface area contributed by atoms with Crippen LogP contribution in [0.15, 0.2) is 18.2 Å². The van der Waals surface area contributed by atoms with Crippen LogP contribution >= 0.6 is 0 Å². The number of amides is 6. The Morgan fingerprint density at radius 1 is 0.795 bits per heavy atom. The zero-order chi connectivity index (χ0) is 52.5. The molecule has 6 heterocycles. The number of aliphatic hydroxyl groups excluding tert-OH is 1. The second-order valence-electron chi connectivity index (χ2n) is 19.3. The van der Waals surface area contributed by atoms with Crippen LogP contribution in [0.1, 0.15) is 57.1 Å². The summed E-state index contributed by atoms with van der Waals surface area (Å²) in [5.41, 5.74) is 2.10. The van der Waals surface area contributed by atoms with Crippen molar-refractivity contribution in [3.8, 4) is 0 Å². The number of hydrogen-bond acceptors (Lipinski definition) is 18. The van der Waals surface area contributed by atoms with Gasteiger partial charge in [-0.2, -0.15) is 0 Å². The molecule has 73 heavy (non-hydrogen) atoms. The lowest BCUT2D eigenvalue weighted by molar-refractivity contribution is -0.155. The van der Waals surface area contributed by atoms with Crippen LogP contribution in [0, 0.1) is 5.92 Å². The Hall–Kier alpha value is -5.82. The SMILES string of the molecule is CC[C@H](C)[C@H](NC(=O)CC[C@@H](NC(=O)CN1CCN(C(=O)CN2CCN3CCN(CC2)CC(=O)[O][Al]([F])[O]C(=O)C3)CC1)C(=O)O)C(=O)N[C@H]1CCc2cccc3c2N(C1=O)[C@H](C(=O)NC1CC(=O)OC1O)C3. The van der Waals surface area contributed by atoms with E-state index in [0.29, 0.717) is 84.0 Å². The first-order valence-corrected chi connectivity index (χ1v) is 26.2. The summed E-state index contributed by atoms with van der Waals surface area (Å²) in [6, 6.07) is -0.274. The lowest BCUT2D eigenvalue weighted by atomic mass is 9.96. The molecule has 0 spiro atoms. The molecule has 2 bridgehead atoms. The lowest BCUT2D eigenvalue weighted by Gasteiger charge is -2.36. The number of fused-ring (bicyclic) bond motifs is 3. The Labute approximate surface area is 425 Å². The van der Waals surface area contributed by atoms with Crippen molar-refractivity contribution in [3.05, 3.63) is 29.3 Å². The zero-order valence-corrected chi connectivity index (χ0v) is 42.1. The topological polar surface area (TPSA) is 306 Å². The lowest BCUT2D eigenvalue weighted by Crippen LogP contribution is -2.59. The summed E-state index contributed by atoms with van der Waals surface area (Å²) in [5, 5.41) is 30.7. The number of esters is 1. The molecule has 4 unspecified atom stereocenters. The van der Waals surface area contributed by atoms with Crippen molar-refractivity contribution in [2.24, 2.45) is 5.92 Å². The number of carbonyl (C=O) groups excluding carboxylic acids is 9. The maximum absolute atomic E-state index is 14.3. The monoisotopic (exact) mass is 1040 g/mol. The second-order valence-corrected chi connectivity index (χ2v) is 20.3. The van der Waals surface area contributed by atoms with Crippen molar-refractivity contribution in [2.45, 2.75) is 95.3 Å². The van der Waals surface area contributed by atoms with E-state index in [-0.39, 0.29) is 64.2 Å². The minimum atomic E-state index is -3.94. The van der Waals surface area contributed by atoms with Crippen LogP contribution in [0.4, 0.5) is 9.21 Å². The number of carboxylic acids is 1. The zero-order valence-electron chi connectivity index (χ0n) is 41.0. The molecule has 25 nitrogen and oxygen atoms in total. The summed E-state index contributed by atoms with van der Waals surface area (Å²) >= 11 is -3.94. The quantitative estimate of drug-likeness (QED) is 0.0682. The third kappa shape index (κ3) is 14.5. The molecule has 1 aromatic rings. The first-order valence-electron chi connectivity index (χ1n) is 24.8. The summed E-state index contributed by atoms with van der Waals surface area (Å²) in [4.78, 5) is 141. The maximum Gasteiger partial charge on any atom is 1.15 e. The fraction of sp³-hybridized carbons (Fsp3) is 0.652. The molecule has 6 aliphatic rings. The van der Waals surface area contributed by atoms with E-state index in [0.717, 1.165) is 11.1 Å². The normalized spacial score (nSPS) is 26.2. The number of hydrogen-bond donors (Lipinski definition) is 6. The summed E-state index contributed by atoms with van der Waals surface area (Å²) < 4.78 is 28.2. The van der Waals surface area contributed by atoms with E-state index in [1.807, 2.05) is 24.0 Å². The van der Waals surface area contributed by atoms with Gasteiger partial charge in [0, 0.05) is 78.3 Å². The van der Waals surface area contributed by atoms with Crippen LogP contribution < -0.4 is 26.2 Å². The molecule has 7 rings (SSSR count). The van der Waals surface area contributed by atoms with Gasteiger partial charge in [-0.25, -0.2) is 4.79 Å². The Balaban J connectivity index is 0.869. The Morgan fingerprint density at radius 3 is 2.03 bits per heavy atom. The van der Waals surface area contributed by atoms with Crippen LogP contribution in [-0.4, -0.2) is 237 Å². The van der Waals surface area contributed by atoms with Gasteiger partial charge in [0.25, 0.3) is 11.9 Å². The largest absolute Gasteiger partial charge is 1.15 e. The van der Waals surface area contributed by atoms with Crippen LogP contribution in [0.25, 0.3) is 0 Å². The highest BCUT2D eigenvalue weighted by Crippen LogP contribution is 2.39. The highest BCUT2D eigenvalue weighted by atomic mass is 27.3. The number of anilines is 1. The number of nitrogens with zero attached hydrogens (tertiary/aromatic N) is 6. The number of carbonyl (C=O) groups is 10. The van der Waals surface area contributed by atoms with Crippen molar-refractivity contribution in [1.82, 2.24) is 45.8 Å². The van der Waals surface area contributed by atoms with Crippen molar-refractivity contribution in [1.29, 1.82) is 0 Å². The number of aliphatic carboxylic acids is 1. The molecule has 0 aromatic heterocycles. The molecule has 0 aliphatic carbocycles. The first kappa shape index (κ1) is 54.9. The number of aryl methyl sites for hydroxylation is 1. The van der Waals surface area contributed by atoms with Crippen molar-refractivity contribution in [2.75, 3.05) is 96.5 Å². The molecule has 6 amide bonds. The van der Waals surface area contributed by atoms with E-state index in [4.69, 9.17) is 12.3 Å². The number of halogens is 1. The van der Waals surface area contributed by atoms with Gasteiger partial charge in [-0.1, -0.05) is 38.5 Å². The average molecular weight is 1040 g/mol. The number of para-hydroxylation sites is 1. The predicted octanol–water partition coefficient (Wildman–Crippen LogP) is -3.88. The number of rotatable bonds is 16. The third-order valence-corrected chi connectivity index (χ3v) is 15.1. The van der Waals surface area contributed by atoms with Crippen molar-refractivity contribution >= 4 is 80.3 Å². The minimum absolute atomic E-state index is 0.0563. The van der Waals surface area contributed by atoms with Crippen LogP contribution in [0.3, 0.4) is 0 Å². The Bertz CT molecular complexity index is 2260. The summed E-state index contributed by atoms with van der Waals surface area (Å²) in [5.74, 6) is -7.37. The predicted molar refractivity (Wildman–Crippen MR) is 252 cm³/mol. The van der Waals surface area contributed by atoms with E-state index in [2.05, 4.69) is 21.3 Å². The van der Waals surface area contributed by atoms with Gasteiger partial charge in [-0.15, -0.1) is 0 Å². The van der Waals surface area contributed by atoms with Gasteiger partial charge < -0.3 is 52.2 Å². The van der Waals surface area contributed by atoms with Gasteiger partial charge in [-0.05, 0) is 36.3 Å². The smallest absolute Gasteiger partial charge is 0.558 e. The summed E-state index contributed by atoms with van der Waals surface area (Å²) in [6.45, 7) is 6.79. The number of ether oxygens (including phenoxy) is 1. The van der Waals surface area contributed by atoms with Gasteiger partial charge in [0.15, 0.2) is 0 Å². The van der Waals surface area contributed by atoms with Gasteiger partial charge in [0.2, 0.25) is 41.7 Å². The molecule has 1 aromatic carbocycles. The van der Waals surface area contributed by atoms with E-state index in [9.17, 15) is 61.7 Å². The molecule has 27 heteroatoms. The number of piperazine rings is 1. The molecule has 9 atom stereocenters. The molecule has 6 aliphatic heterocycles. The molecular weight excluding hydrogens is 979 g/mol. The fourth-order valence-electron chi connectivity index (χ4n) is 9.88. The fourth-order valence-corrected chi connectivity index (χ4v) is 10.5. The number of benzene rings is 1. The highest BCUT2D eigenvalue weighted by Gasteiger charge is 2.47. The summed E-state index contributed by atoms with van der Waals surface area (Å²) in [7, 11) is 0. The number of nitrogens with one attached hydrogen (secondary N) is 4. The van der Waals surface area contributed by atoms with Gasteiger partial charge in [0.05, 0.1) is 38.3 Å². The Morgan fingerprint density at radius 2 is 1.41 bits per heavy atom. The molecule has 0 saturated carbocycles. The van der Waals surface area contributed by atoms with E-state index < -0.39 is 111 Å². The number of cyclic esters (lactones) is 1. The average Bonchev–Trinajstić information content (AvgIpc) is 3.87. The number of carboxylic acid groups (broad SMARTS) is 1. The molecule has 4 fully saturated rings. The van der Waals surface area contributed by atoms with E-state index >= 15 is 0 Å². The van der Waals surface area contributed by atoms with Crippen LogP contribution in [0.2, 0.25) is 0 Å². The molecular formula is C46H64AlFN10O15. The summed E-state index contributed by atoms with van der Waals surface area (Å²) in [6.07, 6.45) is -1.30. The number of aliphatic hydroxyl groups is 1. The molecule has 0 radical (unpaired) electrons. The molecule has 6 N–H and O–H groups in total. The standard InChI is InChI=1S/C46H66N10O15.Al.FH/c1-3-27(2)40(43(66)48-30-8-7-28-5-4-6-29-21-33(56(41(28)29)44(30)67)42(65)49-32-22-39(64)71-46(32)70)50-34(57)10-9-31(45(68)69)47-35(58)23-51-17-19-55(20-18-51)36(59)24-52-11-13-53(25-37(60)61)15-16-54(14-12-52)26-38(62)63;;/h4-6,27,30-33,40,46,70H,3,7-26H2,1-2H3,(H,47,58)(H,48,66)(H,49,65)(H,50,57)(H,60,61)(H,62,63)(H,68,69);;1H/q;+3;/p-3/t27-,30-,31+,32?,33-,40-,46?;;/m0../s1. The van der Waals surface area contributed by atoms with Crippen LogP contribution in [-0.2, 0) is 73.1 Å². The third-order valence-electron chi connectivity index (χ3n) is 14.2. The van der Waals surface area contributed by atoms with Gasteiger partial charge in [-0.3, -0.25) is 67.7 Å². The van der Waals surface area contributed by atoms with E-state index in [1.54, 1.807) is 32.6 Å². The van der Waals surface area contributed by atoms with Gasteiger partial charge in [0.1, 0.15) is 30.2 Å². The second kappa shape index (κ2) is 24.9. The van der Waals surface area contributed by atoms with Gasteiger partial charge >= 0.3 is 27.2 Å². The molecule has 4 saturated heterocycles.